The number of methoxy groups -OCH3 is 1. The molecule has 0 radical (unpaired) electrons. The Morgan fingerprint density at radius 1 is 1.12 bits per heavy atom. The summed E-state index contributed by atoms with van der Waals surface area (Å²) in [7, 11) is 1.29. The largest absolute Gasteiger partial charge is 0.505 e. The summed E-state index contributed by atoms with van der Waals surface area (Å²) in [6.45, 7) is 0.153. The number of amides is 1. The lowest BCUT2D eigenvalue weighted by molar-refractivity contribution is 0.0600. The third-order valence-electron chi connectivity index (χ3n) is 3.20. The van der Waals surface area contributed by atoms with E-state index in [1.807, 2.05) is 0 Å². The number of nitrogens with one attached hydrogen (secondary N) is 1. The van der Waals surface area contributed by atoms with E-state index in [4.69, 9.17) is 34.8 Å². The summed E-state index contributed by atoms with van der Waals surface area (Å²) < 4.78 is 4.60. The Morgan fingerprint density at radius 2 is 1.75 bits per heavy atom. The normalized spacial score (nSPS) is 10.3. The molecule has 0 saturated carbocycles. The van der Waals surface area contributed by atoms with Gasteiger partial charge in [-0.05, 0) is 23.8 Å². The summed E-state index contributed by atoms with van der Waals surface area (Å²) in [6, 6.07) is 7.74. The van der Waals surface area contributed by atoms with E-state index in [0.29, 0.717) is 5.56 Å². The molecule has 0 aromatic heterocycles. The van der Waals surface area contributed by atoms with Crippen LogP contribution in [0.2, 0.25) is 15.1 Å². The van der Waals surface area contributed by atoms with Gasteiger partial charge in [0.2, 0.25) is 0 Å². The van der Waals surface area contributed by atoms with Gasteiger partial charge < -0.3 is 15.2 Å². The number of halogens is 3. The number of ether oxygens (including phenoxy) is 1. The Kier molecular flexibility index (Phi) is 5.94. The number of hydrogen-bond donors (Lipinski definition) is 2. The summed E-state index contributed by atoms with van der Waals surface area (Å²) in [4.78, 5) is 23.6. The van der Waals surface area contributed by atoms with Crippen molar-refractivity contribution in [3.8, 4) is 5.75 Å². The third kappa shape index (κ3) is 3.93. The monoisotopic (exact) mass is 387 g/mol. The number of esters is 1. The van der Waals surface area contributed by atoms with Gasteiger partial charge in [-0.1, -0.05) is 46.9 Å². The molecular formula is C16H12Cl3NO4. The Bertz CT molecular complexity index is 765. The fourth-order valence-electron chi connectivity index (χ4n) is 1.94. The van der Waals surface area contributed by atoms with Gasteiger partial charge in [-0.15, -0.1) is 0 Å². The minimum absolute atomic E-state index is 0.0621. The second-order valence-electron chi connectivity index (χ2n) is 4.75. The van der Waals surface area contributed by atoms with Crippen LogP contribution in [-0.2, 0) is 11.3 Å². The molecule has 0 aliphatic heterocycles. The zero-order valence-electron chi connectivity index (χ0n) is 12.4. The van der Waals surface area contributed by atoms with Crippen molar-refractivity contribution < 1.29 is 19.4 Å². The molecule has 2 rings (SSSR count). The summed E-state index contributed by atoms with van der Waals surface area (Å²) in [5, 5.41) is 12.4. The standard InChI is InChI=1S/C16H12Cl3NO4/c1-24-16(23)9-4-2-8(3-5-9)7-20-15(22)12-13(19)10(17)6-11(18)14(12)21/h2-6,21H,7H2,1H3,(H,20,22). The Balaban J connectivity index is 2.13. The SMILES string of the molecule is COC(=O)c1ccc(CNC(=O)c2c(O)c(Cl)cc(Cl)c2Cl)cc1. The van der Waals surface area contributed by atoms with Crippen LogP contribution < -0.4 is 5.32 Å². The number of aromatic hydroxyl groups is 1. The summed E-state index contributed by atoms with van der Waals surface area (Å²) in [6.07, 6.45) is 0. The van der Waals surface area contributed by atoms with Gasteiger partial charge in [0.25, 0.3) is 5.91 Å². The maximum Gasteiger partial charge on any atom is 0.337 e. The van der Waals surface area contributed by atoms with Crippen molar-refractivity contribution in [3.05, 3.63) is 62.1 Å². The van der Waals surface area contributed by atoms with Gasteiger partial charge in [-0.3, -0.25) is 4.79 Å². The van der Waals surface area contributed by atoms with E-state index in [1.165, 1.54) is 13.2 Å². The van der Waals surface area contributed by atoms with Crippen LogP contribution in [0.4, 0.5) is 0 Å². The summed E-state index contributed by atoms with van der Waals surface area (Å²) >= 11 is 17.6. The van der Waals surface area contributed by atoms with Crippen LogP contribution in [0.3, 0.4) is 0 Å². The highest BCUT2D eigenvalue weighted by molar-refractivity contribution is 6.45. The second kappa shape index (κ2) is 7.75. The van der Waals surface area contributed by atoms with Gasteiger partial charge >= 0.3 is 5.97 Å². The molecule has 126 valence electrons. The van der Waals surface area contributed by atoms with E-state index >= 15 is 0 Å². The number of hydrogen-bond acceptors (Lipinski definition) is 4. The Labute approximate surface area is 153 Å². The topological polar surface area (TPSA) is 75.6 Å². The van der Waals surface area contributed by atoms with E-state index in [1.54, 1.807) is 24.3 Å². The van der Waals surface area contributed by atoms with Crippen molar-refractivity contribution in [3.63, 3.8) is 0 Å². The van der Waals surface area contributed by atoms with Crippen molar-refractivity contribution in [2.24, 2.45) is 0 Å². The molecule has 0 bridgehead atoms. The van der Waals surface area contributed by atoms with Gasteiger partial charge in [0, 0.05) is 6.54 Å². The number of rotatable bonds is 4. The van der Waals surface area contributed by atoms with E-state index in [-0.39, 0.29) is 27.2 Å². The van der Waals surface area contributed by atoms with Gasteiger partial charge in [0.05, 0.1) is 27.7 Å². The average Bonchev–Trinajstić information content (AvgIpc) is 2.58. The highest BCUT2D eigenvalue weighted by atomic mass is 35.5. The first-order valence-corrected chi connectivity index (χ1v) is 7.80. The summed E-state index contributed by atoms with van der Waals surface area (Å²) in [5.74, 6) is -1.51. The second-order valence-corrected chi connectivity index (χ2v) is 5.94. The molecule has 24 heavy (non-hydrogen) atoms. The Morgan fingerprint density at radius 3 is 2.33 bits per heavy atom. The van der Waals surface area contributed by atoms with Gasteiger partial charge in [0.1, 0.15) is 11.3 Å². The number of phenols is 1. The molecule has 0 aliphatic rings. The number of carbonyl (C=O) groups excluding carboxylic acids is 2. The highest BCUT2D eigenvalue weighted by Crippen LogP contribution is 2.38. The minimum atomic E-state index is -0.626. The molecule has 0 atom stereocenters. The molecule has 2 N–H and O–H groups in total. The highest BCUT2D eigenvalue weighted by Gasteiger charge is 2.21. The first-order valence-electron chi connectivity index (χ1n) is 6.67. The average molecular weight is 389 g/mol. The van der Waals surface area contributed by atoms with Crippen molar-refractivity contribution >= 4 is 46.7 Å². The van der Waals surface area contributed by atoms with Crippen LogP contribution in [0, 0.1) is 0 Å². The molecule has 8 heteroatoms. The third-order valence-corrected chi connectivity index (χ3v) is 4.28. The van der Waals surface area contributed by atoms with Crippen molar-refractivity contribution in [1.29, 1.82) is 0 Å². The molecule has 0 spiro atoms. The number of benzene rings is 2. The van der Waals surface area contributed by atoms with E-state index in [0.717, 1.165) is 5.56 Å². The van der Waals surface area contributed by atoms with E-state index < -0.39 is 17.6 Å². The fourth-order valence-corrected chi connectivity index (χ4v) is 2.63. The molecule has 0 aliphatic carbocycles. The molecule has 0 saturated heterocycles. The van der Waals surface area contributed by atoms with Crippen molar-refractivity contribution in [2.45, 2.75) is 6.54 Å². The van der Waals surface area contributed by atoms with Gasteiger partial charge in [0.15, 0.2) is 0 Å². The van der Waals surface area contributed by atoms with Crippen molar-refractivity contribution in [1.82, 2.24) is 5.32 Å². The molecular weight excluding hydrogens is 377 g/mol. The van der Waals surface area contributed by atoms with Crippen LogP contribution >= 0.6 is 34.8 Å². The van der Waals surface area contributed by atoms with Crippen LogP contribution in [0.1, 0.15) is 26.3 Å². The molecule has 2 aromatic carbocycles. The zero-order chi connectivity index (χ0) is 17.9. The van der Waals surface area contributed by atoms with E-state index in [2.05, 4.69) is 10.1 Å². The van der Waals surface area contributed by atoms with Crippen LogP contribution in [0.5, 0.6) is 5.75 Å². The lowest BCUT2D eigenvalue weighted by Gasteiger charge is -2.11. The number of carbonyl (C=O) groups is 2. The minimum Gasteiger partial charge on any atom is -0.505 e. The molecule has 0 unspecified atom stereocenters. The van der Waals surface area contributed by atoms with E-state index in [9.17, 15) is 14.7 Å². The van der Waals surface area contributed by atoms with Gasteiger partial charge in [-0.25, -0.2) is 4.79 Å². The first-order chi connectivity index (χ1) is 11.3. The van der Waals surface area contributed by atoms with Crippen molar-refractivity contribution in [2.75, 3.05) is 7.11 Å². The predicted octanol–water partition coefficient (Wildman–Crippen LogP) is 4.07. The predicted molar refractivity (Wildman–Crippen MR) is 92.1 cm³/mol. The lowest BCUT2D eigenvalue weighted by atomic mass is 10.1. The van der Waals surface area contributed by atoms with Crippen LogP contribution in [-0.4, -0.2) is 24.1 Å². The van der Waals surface area contributed by atoms with Crippen LogP contribution in [0.15, 0.2) is 30.3 Å². The molecule has 0 heterocycles. The maximum atomic E-state index is 12.2. The first kappa shape index (κ1) is 18.4. The summed E-state index contributed by atoms with van der Waals surface area (Å²) in [5.41, 5.74) is 0.940. The smallest absolute Gasteiger partial charge is 0.337 e. The molecule has 1 amide bonds. The zero-order valence-corrected chi connectivity index (χ0v) is 14.7. The van der Waals surface area contributed by atoms with Crippen LogP contribution in [0.25, 0.3) is 0 Å². The molecule has 0 fully saturated rings. The van der Waals surface area contributed by atoms with Gasteiger partial charge in [-0.2, -0.15) is 0 Å². The molecule has 2 aromatic rings. The maximum absolute atomic E-state index is 12.2. The quantitative estimate of drug-likeness (QED) is 0.611. The fraction of sp³-hybridized carbons (Fsp3) is 0.125. The lowest BCUT2D eigenvalue weighted by Crippen LogP contribution is -2.23. The molecule has 5 nitrogen and oxygen atoms in total. The Hall–Kier alpha value is -1.95. The number of phenolic OH excluding ortho intramolecular Hbond substituents is 1.